The van der Waals surface area contributed by atoms with Gasteiger partial charge in [0.15, 0.2) is 5.82 Å². The predicted molar refractivity (Wildman–Crippen MR) is 41.2 cm³/mol. The monoisotopic (exact) mass is 148 g/mol. The Morgan fingerprint density at radius 2 is 2.18 bits per heavy atom. The lowest BCUT2D eigenvalue weighted by Gasteiger charge is -1.92. The van der Waals surface area contributed by atoms with Crippen molar-refractivity contribution in [2.75, 3.05) is 0 Å². The fourth-order valence-electron chi connectivity index (χ4n) is 0.665. The summed E-state index contributed by atoms with van der Waals surface area (Å²) in [5, 5.41) is 0. The Bertz CT molecular complexity index is 256. The molecule has 1 aromatic rings. The molecule has 0 saturated heterocycles. The molecule has 0 aromatic carbocycles. The molecule has 0 saturated carbocycles. The number of allylic oxidation sites excluding steroid dienone is 1. The van der Waals surface area contributed by atoms with Crippen LogP contribution in [-0.4, -0.2) is 15.8 Å². The van der Waals surface area contributed by atoms with Gasteiger partial charge in [-0.25, -0.2) is 9.97 Å². The second-order valence-electron chi connectivity index (χ2n) is 1.99. The summed E-state index contributed by atoms with van der Waals surface area (Å²) < 4.78 is 0. The van der Waals surface area contributed by atoms with Crippen molar-refractivity contribution in [3.8, 4) is 0 Å². The highest BCUT2D eigenvalue weighted by Crippen LogP contribution is 1.94. The Labute approximate surface area is 64.8 Å². The maximum Gasteiger partial charge on any atom is 0.203 e. The van der Waals surface area contributed by atoms with Gasteiger partial charge in [-0.1, -0.05) is 6.08 Å². The summed E-state index contributed by atoms with van der Waals surface area (Å²) in [7, 11) is 0. The molecule has 0 bridgehead atoms. The molecule has 0 aliphatic carbocycles. The zero-order valence-electron chi connectivity index (χ0n) is 6.03. The van der Waals surface area contributed by atoms with Crippen molar-refractivity contribution in [2.24, 2.45) is 0 Å². The van der Waals surface area contributed by atoms with Crippen LogP contribution in [0.3, 0.4) is 0 Å². The van der Waals surface area contributed by atoms with Crippen LogP contribution in [-0.2, 0) is 0 Å². The van der Waals surface area contributed by atoms with Crippen molar-refractivity contribution < 1.29 is 4.79 Å². The average Bonchev–Trinajstić information content (AvgIpc) is 2.07. The first-order valence-electron chi connectivity index (χ1n) is 3.25. The molecular formula is C8H8N2O. The number of nitrogens with zero attached hydrogens (tertiary/aromatic N) is 2. The molecule has 0 aliphatic rings. The fraction of sp³-hybridized carbons (Fsp3) is 0.125. The van der Waals surface area contributed by atoms with Gasteiger partial charge in [0.05, 0.1) is 0 Å². The number of carbonyl (C=O) groups excluding carboxylic acids is 1. The lowest BCUT2D eigenvalue weighted by Crippen LogP contribution is -2.02. The molecule has 0 aliphatic heterocycles. The zero-order valence-corrected chi connectivity index (χ0v) is 6.03. The third kappa shape index (κ3) is 1.97. The minimum Gasteiger partial charge on any atom is -0.290 e. The van der Waals surface area contributed by atoms with Crippen molar-refractivity contribution in [3.63, 3.8) is 0 Å². The van der Waals surface area contributed by atoms with E-state index in [4.69, 9.17) is 0 Å². The molecule has 0 fully saturated rings. The molecule has 0 unspecified atom stereocenters. The van der Waals surface area contributed by atoms with Gasteiger partial charge in [0.25, 0.3) is 0 Å². The van der Waals surface area contributed by atoms with E-state index in [0.717, 1.165) is 0 Å². The van der Waals surface area contributed by atoms with Gasteiger partial charge in [-0.3, -0.25) is 4.79 Å². The Morgan fingerprint density at radius 3 is 2.73 bits per heavy atom. The van der Waals surface area contributed by atoms with Crippen LogP contribution in [0.5, 0.6) is 0 Å². The summed E-state index contributed by atoms with van der Waals surface area (Å²) >= 11 is 0. The van der Waals surface area contributed by atoms with Gasteiger partial charge in [-0.2, -0.15) is 0 Å². The van der Waals surface area contributed by atoms with E-state index >= 15 is 0 Å². The number of hydrogen-bond acceptors (Lipinski definition) is 3. The highest BCUT2D eigenvalue weighted by atomic mass is 16.1. The Kier molecular flexibility index (Phi) is 2.49. The van der Waals surface area contributed by atoms with Gasteiger partial charge in [0.1, 0.15) is 0 Å². The third-order valence-electron chi connectivity index (χ3n) is 1.14. The highest BCUT2D eigenvalue weighted by Gasteiger charge is 2.03. The first-order chi connectivity index (χ1) is 5.34. The predicted octanol–water partition coefficient (Wildman–Crippen LogP) is 1.24. The largest absolute Gasteiger partial charge is 0.290 e. The molecule has 1 rings (SSSR count). The molecule has 3 heteroatoms. The van der Waals surface area contributed by atoms with Crippen molar-refractivity contribution in [2.45, 2.75) is 6.42 Å². The van der Waals surface area contributed by atoms with Gasteiger partial charge in [-0.15, -0.1) is 6.58 Å². The first-order valence-corrected chi connectivity index (χ1v) is 3.25. The summed E-state index contributed by atoms with van der Waals surface area (Å²) in [6.45, 7) is 3.45. The Hall–Kier alpha value is -1.51. The summed E-state index contributed by atoms with van der Waals surface area (Å²) in [5.41, 5.74) is 0. The quantitative estimate of drug-likeness (QED) is 0.478. The molecule has 1 heterocycles. The molecule has 0 N–H and O–H groups in total. The normalized spacial score (nSPS) is 9.09. The van der Waals surface area contributed by atoms with Crippen LogP contribution in [0.25, 0.3) is 0 Å². The Balaban J connectivity index is 2.77. The number of hydrogen-bond donors (Lipinski definition) is 0. The van der Waals surface area contributed by atoms with Crippen LogP contribution in [0.2, 0.25) is 0 Å². The van der Waals surface area contributed by atoms with Gasteiger partial charge in [0, 0.05) is 18.8 Å². The number of aromatic nitrogens is 2. The topological polar surface area (TPSA) is 42.9 Å². The number of ketones is 1. The van der Waals surface area contributed by atoms with Crippen LogP contribution in [0.1, 0.15) is 17.0 Å². The molecule has 0 spiro atoms. The summed E-state index contributed by atoms with van der Waals surface area (Å²) in [6.07, 6.45) is 4.93. The van der Waals surface area contributed by atoms with E-state index in [2.05, 4.69) is 16.5 Å². The van der Waals surface area contributed by atoms with E-state index in [1.807, 2.05) is 0 Å². The molecule has 3 nitrogen and oxygen atoms in total. The molecule has 0 radical (unpaired) electrons. The van der Waals surface area contributed by atoms with Gasteiger partial charge >= 0.3 is 0 Å². The summed E-state index contributed by atoms with van der Waals surface area (Å²) in [4.78, 5) is 18.6. The van der Waals surface area contributed by atoms with Crippen molar-refractivity contribution in [1.82, 2.24) is 9.97 Å². The van der Waals surface area contributed by atoms with Gasteiger partial charge in [0.2, 0.25) is 5.78 Å². The zero-order chi connectivity index (χ0) is 8.10. The molecule has 56 valence electrons. The maximum absolute atomic E-state index is 11.0. The van der Waals surface area contributed by atoms with E-state index in [-0.39, 0.29) is 11.6 Å². The SMILES string of the molecule is C=CCC(=O)c1ncccn1. The molecule has 11 heavy (non-hydrogen) atoms. The maximum atomic E-state index is 11.0. The molecular weight excluding hydrogens is 140 g/mol. The third-order valence-corrected chi connectivity index (χ3v) is 1.14. The van der Waals surface area contributed by atoms with Crippen molar-refractivity contribution in [1.29, 1.82) is 0 Å². The van der Waals surface area contributed by atoms with Crippen LogP contribution in [0.15, 0.2) is 31.1 Å². The number of Topliss-reactive ketones (excluding diaryl/α,β-unsaturated/α-hetero) is 1. The lowest BCUT2D eigenvalue weighted by atomic mass is 10.3. The number of rotatable bonds is 3. The van der Waals surface area contributed by atoms with Gasteiger partial charge < -0.3 is 0 Å². The Morgan fingerprint density at radius 1 is 1.55 bits per heavy atom. The van der Waals surface area contributed by atoms with Gasteiger partial charge in [-0.05, 0) is 6.07 Å². The van der Waals surface area contributed by atoms with E-state index < -0.39 is 0 Å². The van der Waals surface area contributed by atoms with E-state index in [9.17, 15) is 4.79 Å². The van der Waals surface area contributed by atoms with E-state index in [1.165, 1.54) is 0 Å². The van der Waals surface area contributed by atoms with E-state index in [0.29, 0.717) is 6.42 Å². The highest BCUT2D eigenvalue weighted by molar-refractivity contribution is 5.93. The summed E-state index contributed by atoms with van der Waals surface area (Å²) in [5.74, 6) is 0.160. The van der Waals surface area contributed by atoms with E-state index in [1.54, 1.807) is 24.5 Å². The van der Waals surface area contributed by atoms with Crippen LogP contribution >= 0.6 is 0 Å². The van der Waals surface area contributed by atoms with Crippen molar-refractivity contribution >= 4 is 5.78 Å². The van der Waals surface area contributed by atoms with Crippen LogP contribution in [0.4, 0.5) is 0 Å². The standard InChI is InChI=1S/C8H8N2O/c1-2-4-7(11)8-9-5-3-6-10-8/h2-3,5-6H,1,4H2. The van der Waals surface area contributed by atoms with Crippen molar-refractivity contribution in [3.05, 3.63) is 36.9 Å². The minimum atomic E-state index is -0.0967. The summed E-state index contributed by atoms with van der Waals surface area (Å²) in [6, 6.07) is 1.67. The second-order valence-corrected chi connectivity index (χ2v) is 1.99. The lowest BCUT2D eigenvalue weighted by molar-refractivity contribution is 0.0986. The molecule has 0 atom stereocenters. The van der Waals surface area contributed by atoms with Crippen LogP contribution < -0.4 is 0 Å². The minimum absolute atomic E-state index is 0.0967. The smallest absolute Gasteiger partial charge is 0.203 e. The second kappa shape index (κ2) is 3.61. The van der Waals surface area contributed by atoms with Crippen LogP contribution in [0, 0.1) is 0 Å². The fourth-order valence-corrected chi connectivity index (χ4v) is 0.665. The average molecular weight is 148 g/mol. The first kappa shape index (κ1) is 7.60. The molecule has 0 amide bonds. The number of carbonyl (C=O) groups is 1. The molecule has 1 aromatic heterocycles.